The number of aryl methyl sites for hydroxylation is 1. The minimum Gasteiger partial charge on any atom is -0.368 e. The smallest absolute Gasteiger partial charge is 0.278 e. The molecule has 0 bridgehead atoms. The summed E-state index contributed by atoms with van der Waals surface area (Å²) < 4.78 is 7.23. The summed E-state index contributed by atoms with van der Waals surface area (Å²) >= 11 is 0. The predicted molar refractivity (Wildman–Crippen MR) is 108 cm³/mol. The quantitative estimate of drug-likeness (QED) is 0.540. The Morgan fingerprint density at radius 1 is 1.10 bits per heavy atom. The number of nitrogens with two attached hydrogens (primary N) is 1. The summed E-state index contributed by atoms with van der Waals surface area (Å²) in [4.78, 5) is 12.8. The Bertz CT molecular complexity index is 1110. The average Bonchev–Trinajstić information content (AvgIpc) is 3.24. The Morgan fingerprint density at radius 3 is 2.52 bits per heavy atom. The van der Waals surface area contributed by atoms with Gasteiger partial charge in [0.2, 0.25) is 5.95 Å². The zero-order chi connectivity index (χ0) is 19.8. The van der Waals surface area contributed by atoms with Gasteiger partial charge < -0.3 is 10.3 Å². The molecule has 0 spiro atoms. The van der Waals surface area contributed by atoms with Crippen molar-refractivity contribution in [3.63, 3.8) is 0 Å². The molecule has 0 radical (unpaired) electrons. The van der Waals surface area contributed by atoms with E-state index in [4.69, 9.17) is 10.3 Å². The molecule has 2 N–H and O–H groups in total. The number of hydrogen-bond acceptors (Lipinski definition) is 7. The third-order valence-corrected chi connectivity index (χ3v) is 5.27. The third kappa shape index (κ3) is 3.73. The molecule has 0 amide bonds. The molecule has 1 saturated carbocycles. The molecule has 5 rings (SSSR count). The van der Waals surface area contributed by atoms with Crippen molar-refractivity contribution in [2.24, 2.45) is 13.0 Å². The normalized spacial score (nSPS) is 14.8. The number of nitrogens with zero attached hydrogens (tertiary/aromatic N) is 6. The van der Waals surface area contributed by atoms with Crippen LogP contribution in [0.25, 0.3) is 22.7 Å². The summed E-state index contributed by atoms with van der Waals surface area (Å²) in [5.41, 5.74) is 9.42. The molecular weight excluding hydrogens is 366 g/mol. The lowest BCUT2D eigenvalue weighted by Crippen LogP contribution is -2.05. The fourth-order valence-electron chi connectivity index (χ4n) is 3.48. The van der Waals surface area contributed by atoms with Crippen molar-refractivity contribution in [2.75, 3.05) is 5.73 Å². The molecule has 3 heterocycles. The summed E-state index contributed by atoms with van der Waals surface area (Å²) in [6.07, 6.45) is 8.88. The molecule has 1 aliphatic carbocycles. The number of anilines is 1. The van der Waals surface area contributed by atoms with Crippen molar-refractivity contribution in [2.45, 2.75) is 25.2 Å². The molecule has 4 aromatic rings. The zero-order valence-electron chi connectivity index (χ0n) is 16.1. The second-order valence-electron chi connectivity index (χ2n) is 7.52. The lowest BCUT2D eigenvalue weighted by Gasteiger charge is -2.14. The van der Waals surface area contributed by atoms with E-state index in [0.29, 0.717) is 17.4 Å². The molecular formula is C21H21N7O. The fourth-order valence-corrected chi connectivity index (χ4v) is 3.48. The van der Waals surface area contributed by atoms with E-state index in [1.165, 1.54) is 18.4 Å². The number of nitrogen functional groups attached to an aromatic ring is 1. The number of benzene rings is 1. The molecule has 1 aromatic carbocycles. The molecule has 1 aliphatic rings. The lowest BCUT2D eigenvalue weighted by atomic mass is 9.91. The maximum absolute atomic E-state index is 5.58. The van der Waals surface area contributed by atoms with Crippen LogP contribution in [0.3, 0.4) is 0 Å². The van der Waals surface area contributed by atoms with Gasteiger partial charge >= 0.3 is 0 Å². The van der Waals surface area contributed by atoms with E-state index < -0.39 is 0 Å². The van der Waals surface area contributed by atoms with Crippen molar-refractivity contribution < 1.29 is 4.52 Å². The summed E-state index contributed by atoms with van der Waals surface area (Å²) in [5, 5.41) is 8.63. The Kier molecular flexibility index (Phi) is 4.31. The maximum atomic E-state index is 5.58. The van der Waals surface area contributed by atoms with Gasteiger partial charge in [0, 0.05) is 37.1 Å². The van der Waals surface area contributed by atoms with Crippen LogP contribution in [0.4, 0.5) is 5.95 Å². The molecule has 0 saturated heterocycles. The van der Waals surface area contributed by atoms with Crippen LogP contribution >= 0.6 is 0 Å². The maximum Gasteiger partial charge on any atom is 0.278 e. The first-order valence-corrected chi connectivity index (χ1v) is 9.67. The monoisotopic (exact) mass is 387 g/mol. The SMILES string of the molecule is Cn1ccc(-c2nc(C(CC3CC3)c3ccc(-c4cnc(N)nc4)cc3)no2)n1. The molecule has 1 atom stereocenters. The fraction of sp³-hybridized carbons (Fsp3) is 0.286. The molecule has 8 heteroatoms. The Balaban J connectivity index is 1.43. The first-order chi connectivity index (χ1) is 14.2. The first-order valence-electron chi connectivity index (χ1n) is 9.67. The molecule has 8 nitrogen and oxygen atoms in total. The van der Waals surface area contributed by atoms with E-state index in [2.05, 4.69) is 49.5 Å². The van der Waals surface area contributed by atoms with Gasteiger partial charge in [-0.25, -0.2) is 9.97 Å². The Hall–Kier alpha value is -3.55. The molecule has 3 aromatic heterocycles. The van der Waals surface area contributed by atoms with Crippen LogP contribution in [-0.4, -0.2) is 29.9 Å². The van der Waals surface area contributed by atoms with Crippen molar-refractivity contribution >= 4 is 5.95 Å². The molecule has 1 unspecified atom stereocenters. The van der Waals surface area contributed by atoms with Crippen LogP contribution in [0.1, 0.15) is 36.6 Å². The van der Waals surface area contributed by atoms with E-state index >= 15 is 0 Å². The van der Waals surface area contributed by atoms with Gasteiger partial charge in [-0.15, -0.1) is 0 Å². The van der Waals surface area contributed by atoms with E-state index in [1.807, 2.05) is 19.3 Å². The van der Waals surface area contributed by atoms with Gasteiger partial charge in [0.05, 0.1) is 0 Å². The molecule has 1 fully saturated rings. The van der Waals surface area contributed by atoms with Gasteiger partial charge in [0.25, 0.3) is 5.89 Å². The highest BCUT2D eigenvalue weighted by Crippen LogP contribution is 2.41. The first kappa shape index (κ1) is 17.5. The molecule has 0 aliphatic heterocycles. The van der Waals surface area contributed by atoms with E-state index in [0.717, 1.165) is 23.5 Å². The number of aromatic nitrogens is 6. The molecule has 29 heavy (non-hydrogen) atoms. The number of hydrogen-bond donors (Lipinski definition) is 1. The number of rotatable bonds is 6. The van der Waals surface area contributed by atoms with Crippen LogP contribution in [0.15, 0.2) is 53.4 Å². The summed E-state index contributed by atoms with van der Waals surface area (Å²) in [6, 6.07) is 10.3. The van der Waals surface area contributed by atoms with Gasteiger partial charge in [-0.2, -0.15) is 10.1 Å². The van der Waals surface area contributed by atoms with Crippen LogP contribution in [0, 0.1) is 5.92 Å². The van der Waals surface area contributed by atoms with E-state index in [1.54, 1.807) is 17.1 Å². The third-order valence-electron chi connectivity index (χ3n) is 5.27. The minimum atomic E-state index is 0.0976. The van der Waals surface area contributed by atoms with Gasteiger partial charge in [-0.1, -0.05) is 42.3 Å². The van der Waals surface area contributed by atoms with Crippen molar-refractivity contribution in [1.82, 2.24) is 29.9 Å². The van der Waals surface area contributed by atoms with Crippen molar-refractivity contribution in [3.05, 3.63) is 60.3 Å². The topological polar surface area (TPSA) is 109 Å². The minimum absolute atomic E-state index is 0.0976. The highest BCUT2D eigenvalue weighted by Gasteiger charge is 2.30. The van der Waals surface area contributed by atoms with Crippen LogP contribution in [0.2, 0.25) is 0 Å². The van der Waals surface area contributed by atoms with E-state index in [9.17, 15) is 0 Å². The van der Waals surface area contributed by atoms with Crippen LogP contribution < -0.4 is 5.73 Å². The Labute approximate surface area is 167 Å². The van der Waals surface area contributed by atoms with Crippen molar-refractivity contribution in [1.29, 1.82) is 0 Å². The second kappa shape index (κ2) is 7.12. The zero-order valence-corrected chi connectivity index (χ0v) is 16.1. The second-order valence-corrected chi connectivity index (χ2v) is 7.52. The van der Waals surface area contributed by atoms with Crippen LogP contribution in [0.5, 0.6) is 0 Å². The van der Waals surface area contributed by atoms with Crippen molar-refractivity contribution in [3.8, 4) is 22.7 Å². The standard InChI is InChI=1S/C21H21N7O/c1-28-9-8-18(26-28)20-25-19(27-29-20)17(10-13-2-3-13)15-6-4-14(5-7-15)16-11-23-21(22)24-12-16/h4-9,11-13,17H,2-3,10H2,1H3,(H2,22,23,24). The summed E-state index contributed by atoms with van der Waals surface area (Å²) in [5.74, 6) is 2.26. The van der Waals surface area contributed by atoms with Gasteiger partial charge in [-0.05, 0) is 29.5 Å². The highest BCUT2D eigenvalue weighted by molar-refractivity contribution is 5.62. The highest BCUT2D eigenvalue weighted by atomic mass is 16.5. The molecule has 146 valence electrons. The van der Waals surface area contributed by atoms with Gasteiger partial charge in [-0.3, -0.25) is 4.68 Å². The Morgan fingerprint density at radius 2 is 1.86 bits per heavy atom. The predicted octanol–water partition coefficient (Wildman–Crippen LogP) is 3.44. The van der Waals surface area contributed by atoms with Crippen LogP contribution in [-0.2, 0) is 7.05 Å². The van der Waals surface area contributed by atoms with Gasteiger partial charge in [0.15, 0.2) is 11.5 Å². The summed E-state index contributed by atoms with van der Waals surface area (Å²) in [6.45, 7) is 0. The summed E-state index contributed by atoms with van der Waals surface area (Å²) in [7, 11) is 1.87. The van der Waals surface area contributed by atoms with E-state index in [-0.39, 0.29) is 11.9 Å². The largest absolute Gasteiger partial charge is 0.368 e. The lowest BCUT2D eigenvalue weighted by molar-refractivity contribution is 0.414. The average molecular weight is 387 g/mol. The van der Waals surface area contributed by atoms with Gasteiger partial charge in [0.1, 0.15) is 0 Å².